The smallest absolute Gasteiger partial charge is 0.135 e. The molecule has 3 rings (SSSR count). The fraction of sp³-hybridized carbons (Fsp3) is 0.250. The Hall–Kier alpha value is -4.31. The van der Waals surface area contributed by atoms with Crippen LogP contribution in [-0.4, -0.2) is 23.7 Å². The van der Waals surface area contributed by atoms with E-state index in [1.54, 1.807) is 19.3 Å². The normalized spacial score (nSPS) is 13.3. The topological polar surface area (TPSA) is 128 Å². The molecular weight excluding hydrogens is 434 g/mol. The number of benzene rings is 1. The highest BCUT2D eigenvalue weighted by atomic mass is 14.9. The van der Waals surface area contributed by atoms with Gasteiger partial charge in [0.1, 0.15) is 11.7 Å². The summed E-state index contributed by atoms with van der Waals surface area (Å²) in [7, 11) is 1.66. The van der Waals surface area contributed by atoms with Gasteiger partial charge in [-0.2, -0.15) is 0 Å². The number of rotatable bonds is 6. The summed E-state index contributed by atoms with van der Waals surface area (Å²) in [4.78, 5) is 12.5. The fourth-order valence-corrected chi connectivity index (χ4v) is 3.38. The number of unbranched alkanes of at least 4 members (excludes halogenated alkanes) is 1. The summed E-state index contributed by atoms with van der Waals surface area (Å²) < 4.78 is 0. The Bertz CT molecular complexity index is 1110. The number of nitrogens with zero attached hydrogens (tertiary/aromatic N) is 3. The lowest BCUT2D eigenvalue weighted by molar-refractivity contribution is 0.794. The number of aromatic nitrogens is 1. The van der Waals surface area contributed by atoms with Gasteiger partial charge in [0, 0.05) is 42.6 Å². The van der Waals surface area contributed by atoms with Gasteiger partial charge in [0.15, 0.2) is 0 Å². The molecule has 1 aliphatic rings. The second kappa shape index (κ2) is 14.8. The van der Waals surface area contributed by atoms with E-state index in [0.717, 1.165) is 22.4 Å². The number of terminal acetylenes is 1. The molecule has 0 amide bonds. The molecule has 0 fully saturated rings. The van der Waals surface area contributed by atoms with Crippen LogP contribution in [0.1, 0.15) is 42.0 Å². The quantitative estimate of drug-likeness (QED) is 0.286. The highest BCUT2D eigenvalue weighted by Gasteiger charge is 2.15. The van der Waals surface area contributed by atoms with Crippen LogP contribution < -0.4 is 22.5 Å². The van der Waals surface area contributed by atoms with Gasteiger partial charge in [-0.05, 0) is 73.7 Å². The molecular formula is C28H37N7. The second-order valence-electron chi connectivity index (χ2n) is 7.81. The summed E-state index contributed by atoms with van der Waals surface area (Å²) in [5.41, 5.74) is 24.8. The van der Waals surface area contributed by atoms with Crippen molar-refractivity contribution in [2.24, 2.45) is 27.2 Å². The maximum atomic E-state index is 6.15. The first-order chi connectivity index (χ1) is 16.8. The number of pyridine rings is 1. The van der Waals surface area contributed by atoms with Gasteiger partial charge in [0.2, 0.25) is 0 Å². The van der Waals surface area contributed by atoms with Gasteiger partial charge in [-0.3, -0.25) is 9.98 Å². The largest absolute Gasteiger partial charge is 0.398 e. The molecule has 2 aromatic rings. The number of nitrogens with two attached hydrogens (primary N) is 3. The predicted molar refractivity (Wildman–Crippen MR) is 149 cm³/mol. The van der Waals surface area contributed by atoms with E-state index in [2.05, 4.69) is 58.8 Å². The summed E-state index contributed by atoms with van der Waals surface area (Å²) in [6.45, 7) is 10.0. The summed E-state index contributed by atoms with van der Waals surface area (Å²) in [5, 5.41) is 2.98. The van der Waals surface area contributed by atoms with Gasteiger partial charge >= 0.3 is 0 Å². The third kappa shape index (κ3) is 8.52. The fourth-order valence-electron chi connectivity index (χ4n) is 3.38. The molecule has 0 aliphatic carbocycles. The van der Waals surface area contributed by atoms with E-state index in [1.165, 1.54) is 24.8 Å². The maximum Gasteiger partial charge on any atom is 0.135 e. The van der Waals surface area contributed by atoms with E-state index in [0.29, 0.717) is 28.6 Å². The zero-order chi connectivity index (χ0) is 26.4. The van der Waals surface area contributed by atoms with Crippen LogP contribution in [0.4, 0.5) is 5.69 Å². The van der Waals surface area contributed by atoms with E-state index in [-0.39, 0.29) is 0 Å². The number of hydrogen-bond acceptors (Lipinski definition) is 5. The molecule has 0 radical (unpaired) electrons. The maximum absolute atomic E-state index is 6.15. The van der Waals surface area contributed by atoms with Crippen molar-refractivity contribution in [3.05, 3.63) is 94.7 Å². The van der Waals surface area contributed by atoms with Gasteiger partial charge in [-0.25, -0.2) is 4.99 Å². The molecule has 0 saturated carbocycles. The molecule has 0 spiro atoms. The van der Waals surface area contributed by atoms with Crippen molar-refractivity contribution in [1.29, 1.82) is 0 Å². The SMILES string of the molecule is C#C.C=C1NC=CC(N)=C1C(N)=Nc1c(C)cc(C(N)=NC)cc1C.CCCCc1ccncc1. The van der Waals surface area contributed by atoms with Gasteiger partial charge in [0.25, 0.3) is 0 Å². The minimum atomic E-state index is 0.320. The first-order valence-corrected chi connectivity index (χ1v) is 11.3. The van der Waals surface area contributed by atoms with Gasteiger partial charge in [-0.15, -0.1) is 12.8 Å². The first kappa shape index (κ1) is 28.7. The van der Waals surface area contributed by atoms with Crippen molar-refractivity contribution < 1.29 is 0 Å². The number of dihydropyridines is 1. The summed E-state index contributed by atoms with van der Waals surface area (Å²) >= 11 is 0. The van der Waals surface area contributed by atoms with E-state index in [1.807, 2.05) is 38.4 Å². The Balaban J connectivity index is 0.000000425. The molecule has 0 unspecified atom stereocenters. The van der Waals surface area contributed by atoms with Gasteiger partial charge in [-0.1, -0.05) is 19.9 Å². The third-order valence-corrected chi connectivity index (χ3v) is 5.20. The lowest BCUT2D eigenvalue weighted by Gasteiger charge is -2.17. The molecule has 0 saturated heterocycles. The zero-order valence-electron chi connectivity index (χ0n) is 21.2. The van der Waals surface area contributed by atoms with Gasteiger partial charge in [0.05, 0.1) is 11.3 Å². The van der Waals surface area contributed by atoms with Crippen LogP contribution in [0.15, 0.2) is 82.5 Å². The summed E-state index contributed by atoms with van der Waals surface area (Å²) in [5.74, 6) is 0.807. The van der Waals surface area contributed by atoms with E-state index in [9.17, 15) is 0 Å². The van der Waals surface area contributed by atoms with Crippen molar-refractivity contribution in [2.45, 2.75) is 40.0 Å². The molecule has 1 aliphatic heterocycles. The molecule has 1 aromatic heterocycles. The van der Waals surface area contributed by atoms with Crippen LogP contribution in [0, 0.1) is 26.7 Å². The number of hydrogen-bond donors (Lipinski definition) is 4. The van der Waals surface area contributed by atoms with E-state index >= 15 is 0 Å². The monoisotopic (exact) mass is 471 g/mol. The number of amidine groups is 2. The minimum Gasteiger partial charge on any atom is -0.398 e. The number of aliphatic imine (C=N–C) groups is 2. The van der Waals surface area contributed by atoms with Crippen LogP contribution in [0.2, 0.25) is 0 Å². The van der Waals surface area contributed by atoms with E-state index < -0.39 is 0 Å². The lowest BCUT2D eigenvalue weighted by Crippen LogP contribution is -2.26. The van der Waals surface area contributed by atoms with Crippen LogP contribution in [0.3, 0.4) is 0 Å². The molecule has 184 valence electrons. The van der Waals surface area contributed by atoms with Crippen molar-refractivity contribution >= 4 is 17.4 Å². The lowest BCUT2D eigenvalue weighted by atomic mass is 10.0. The summed E-state index contributed by atoms with van der Waals surface area (Å²) in [6, 6.07) is 8.03. The molecule has 7 heteroatoms. The molecule has 1 aromatic carbocycles. The Morgan fingerprint density at radius 2 is 1.69 bits per heavy atom. The Morgan fingerprint density at radius 3 is 2.20 bits per heavy atom. The standard InChI is InChI=1S/C17H22N6.C9H13N.C2H2/c1-9-7-12(16(19)21-4)8-10(2)15(9)23-17(20)14-11(3)22-6-5-13(14)18;1-2-3-4-9-5-7-10-8-6-9;1-2/h5-8,22H,3,18H2,1-2,4H3,(H2,19,21)(H2,20,23);5-8H,2-4H2,1H3;1-2H. The highest BCUT2D eigenvalue weighted by molar-refractivity contribution is 6.04. The van der Waals surface area contributed by atoms with Crippen LogP contribution in [0.25, 0.3) is 0 Å². The third-order valence-electron chi connectivity index (χ3n) is 5.20. The average Bonchev–Trinajstić information content (AvgIpc) is 2.86. The molecule has 0 bridgehead atoms. The average molecular weight is 472 g/mol. The molecule has 2 heterocycles. The van der Waals surface area contributed by atoms with Crippen molar-refractivity contribution in [3.8, 4) is 12.8 Å². The summed E-state index contributed by atoms with van der Waals surface area (Å²) in [6.07, 6.45) is 18.9. The van der Waals surface area contributed by atoms with Gasteiger partial charge < -0.3 is 22.5 Å². The first-order valence-electron chi connectivity index (χ1n) is 11.3. The zero-order valence-corrected chi connectivity index (χ0v) is 21.2. The minimum absolute atomic E-state index is 0.320. The van der Waals surface area contributed by atoms with Crippen LogP contribution >= 0.6 is 0 Å². The second-order valence-corrected chi connectivity index (χ2v) is 7.81. The van der Waals surface area contributed by atoms with Crippen molar-refractivity contribution in [2.75, 3.05) is 7.05 Å². The number of allylic oxidation sites excluding steroid dienone is 1. The molecule has 7 nitrogen and oxygen atoms in total. The van der Waals surface area contributed by atoms with Crippen molar-refractivity contribution in [3.63, 3.8) is 0 Å². The Kier molecular flexibility index (Phi) is 12.1. The van der Waals surface area contributed by atoms with E-state index in [4.69, 9.17) is 17.2 Å². The Labute approximate surface area is 209 Å². The Morgan fingerprint density at radius 1 is 1.09 bits per heavy atom. The molecule has 0 atom stereocenters. The van der Waals surface area contributed by atoms with Crippen LogP contribution in [0.5, 0.6) is 0 Å². The number of aryl methyl sites for hydroxylation is 3. The van der Waals surface area contributed by atoms with Crippen molar-refractivity contribution in [1.82, 2.24) is 10.3 Å². The van der Waals surface area contributed by atoms with Crippen LogP contribution in [-0.2, 0) is 6.42 Å². The highest BCUT2D eigenvalue weighted by Crippen LogP contribution is 2.27. The molecule has 35 heavy (non-hydrogen) atoms. The predicted octanol–water partition coefficient (Wildman–Crippen LogP) is 4.14. The molecule has 7 N–H and O–H groups in total. The number of nitrogens with one attached hydrogen (secondary N) is 1.